The van der Waals surface area contributed by atoms with Gasteiger partial charge in [-0.15, -0.1) is 0 Å². The van der Waals surface area contributed by atoms with Crippen molar-refractivity contribution in [2.45, 2.75) is 50.6 Å². The zero-order valence-corrected chi connectivity index (χ0v) is 28.5. The average Bonchev–Trinajstić information content (AvgIpc) is 3.03. The van der Waals surface area contributed by atoms with E-state index in [1.165, 1.54) is 29.2 Å². The lowest BCUT2D eigenvalue weighted by Crippen LogP contribution is -2.53. The summed E-state index contributed by atoms with van der Waals surface area (Å²) in [6.45, 7) is 3.90. The summed E-state index contributed by atoms with van der Waals surface area (Å²) in [5, 5.41) is 3.40. The van der Waals surface area contributed by atoms with Gasteiger partial charge in [0.2, 0.25) is 11.8 Å². The molecule has 1 N–H and O–H groups in total. The predicted octanol–water partition coefficient (Wildman–Crippen LogP) is 7.16. The van der Waals surface area contributed by atoms with Gasteiger partial charge in [0.25, 0.3) is 10.0 Å². The molecule has 4 aromatic rings. The Bertz CT molecular complexity index is 1680. The second kappa shape index (κ2) is 16.1. The van der Waals surface area contributed by atoms with Crippen molar-refractivity contribution in [3.05, 3.63) is 129 Å². The number of sulfonamides is 1. The smallest absolute Gasteiger partial charge is 0.264 e. The summed E-state index contributed by atoms with van der Waals surface area (Å²) in [5.41, 5.74) is 2.73. The van der Waals surface area contributed by atoms with Crippen molar-refractivity contribution in [3.8, 4) is 0 Å². The summed E-state index contributed by atoms with van der Waals surface area (Å²) < 4.78 is 30.3. The van der Waals surface area contributed by atoms with Crippen LogP contribution in [-0.4, -0.2) is 44.3 Å². The second-order valence-electron chi connectivity index (χ2n) is 10.8. The molecule has 1 unspecified atom stereocenters. The Hall–Kier alpha value is -3.66. The summed E-state index contributed by atoms with van der Waals surface area (Å²) in [4.78, 5) is 29.8. The lowest BCUT2D eigenvalue weighted by molar-refractivity contribution is -0.140. The molecule has 1 atom stereocenters. The van der Waals surface area contributed by atoms with E-state index >= 15 is 0 Å². The monoisotopic (exact) mass is 709 g/mol. The number of unbranched alkanes of at least 4 members (excludes halogenated alkanes) is 1. The van der Waals surface area contributed by atoms with Crippen molar-refractivity contribution in [1.29, 1.82) is 0 Å². The van der Waals surface area contributed by atoms with E-state index in [0.717, 1.165) is 32.7 Å². The molecule has 4 rings (SSSR count). The molecular formula is C35H37BrClN3O4S. The largest absolute Gasteiger partial charge is 0.354 e. The molecule has 0 aliphatic heterocycles. The Morgan fingerprint density at radius 1 is 0.867 bits per heavy atom. The molecule has 0 aliphatic rings. The minimum atomic E-state index is -4.20. The first-order chi connectivity index (χ1) is 21.6. The number of anilines is 1. The Morgan fingerprint density at radius 2 is 1.51 bits per heavy atom. The third-order valence-corrected chi connectivity index (χ3v) is 9.99. The Morgan fingerprint density at radius 3 is 2.16 bits per heavy atom. The zero-order valence-electron chi connectivity index (χ0n) is 25.3. The van der Waals surface area contributed by atoms with Crippen LogP contribution in [0.25, 0.3) is 0 Å². The van der Waals surface area contributed by atoms with E-state index in [0.29, 0.717) is 22.8 Å². The van der Waals surface area contributed by atoms with Gasteiger partial charge in [0.15, 0.2) is 0 Å². The molecule has 236 valence electrons. The number of amides is 2. The molecule has 7 nitrogen and oxygen atoms in total. The molecule has 0 saturated carbocycles. The van der Waals surface area contributed by atoms with Crippen molar-refractivity contribution < 1.29 is 18.0 Å². The van der Waals surface area contributed by atoms with Gasteiger partial charge < -0.3 is 10.2 Å². The number of carbonyl (C=O) groups is 2. The number of halogens is 2. The van der Waals surface area contributed by atoms with E-state index in [9.17, 15) is 18.0 Å². The molecule has 10 heteroatoms. The van der Waals surface area contributed by atoms with Crippen LogP contribution >= 0.6 is 27.5 Å². The fraction of sp³-hybridized carbons (Fsp3) is 0.257. The van der Waals surface area contributed by atoms with Crippen LogP contribution in [0.5, 0.6) is 0 Å². The standard InChI is InChI=1S/C35H37BrClN3O4S/c1-3-4-22-38-35(42)33(23-27-11-6-5-7-12-27)39(24-28-14-16-29(36)17-15-28)34(41)25-40(32-13-9-8-10-26(32)2)45(43,44)31-20-18-30(37)19-21-31/h5-21,33H,3-4,22-25H2,1-2H3,(H,38,42). The van der Waals surface area contributed by atoms with Crippen molar-refractivity contribution >= 4 is 55.1 Å². The topological polar surface area (TPSA) is 86.8 Å². The SMILES string of the molecule is CCCCNC(=O)C(Cc1ccccc1)N(Cc1ccc(Br)cc1)C(=O)CN(c1ccccc1C)S(=O)(=O)c1ccc(Cl)cc1. The molecule has 0 radical (unpaired) electrons. The van der Waals surface area contributed by atoms with Crippen LogP contribution < -0.4 is 9.62 Å². The molecule has 0 spiro atoms. The number of nitrogens with one attached hydrogen (secondary N) is 1. The third kappa shape index (κ3) is 9.19. The van der Waals surface area contributed by atoms with E-state index in [-0.39, 0.29) is 23.8 Å². The van der Waals surface area contributed by atoms with E-state index in [4.69, 9.17) is 11.6 Å². The second-order valence-corrected chi connectivity index (χ2v) is 14.0. The lowest BCUT2D eigenvalue weighted by atomic mass is 10.0. The fourth-order valence-electron chi connectivity index (χ4n) is 4.94. The van der Waals surface area contributed by atoms with Crippen molar-refractivity contribution in [1.82, 2.24) is 10.2 Å². The quantitative estimate of drug-likeness (QED) is 0.141. The highest BCUT2D eigenvalue weighted by molar-refractivity contribution is 9.10. The van der Waals surface area contributed by atoms with Gasteiger partial charge in [-0.2, -0.15) is 0 Å². The minimum Gasteiger partial charge on any atom is -0.354 e. The minimum absolute atomic E-state index is 0.000516. The Labute approximate surface area is 279 Å². The first kappa shape index (κ1) is 34.2. The fourth-order valence-corrected chi connectivity index (χ4v) is 6.81. The molecule has 0 heterocycles. The maximum absolute atomic E-state index is 14.5. The highest BCUT2D eigenvalue weighted by atomic mass is 79.9. The maximum Gasteiger partial charge on any atom is 0.264 e. The van der Waals surface area contributed by atoms with Crippen molar-refractivity contribution in [2.75, 3.05) is 17.4 Å². The van der Waals surface area contributed by atoms with Crippen LogP contribution in [0, 0.1) is 6.92 Å². The molecular weight excluding hydrogens is 674 g/mol. The summed E-state index contributed by atoms with van der Waals surface area (Å²) in [6.07, 6.45) is 1.96. The van der Waals surface area contributed by atoms with E-state index in [1.807, 2.05) is 67.6 Å². The van der Waals surface area contributed by atoms with Crippen LogP contribution in [0.3, 0.4) is 0 Å². The summed E-state index contributed by atoms with van der Waals surface area (Å²) >= 11 is 9.52. The predicted molar refractivity (Wildman–Crippen MR) is 184 cm³/mol. The molecule has 0 saturated heterocycles. The first-order valence-corrected chi connectivity index (χ1v) is 17.4. The van der Waals surface area contributed by atoms with Gasteiger partial charge in [-0.3, -0.25) is 13.9 Å². The highest BCUT2D eigenvalue weighted by Gasteiger charge is 2.35. The van der Waals surface area contributed by atoms with Gasteiger partial charge >= 0.3 is 0 Å². The van der Waals surface area contributed by atoms with Crippen LogP contribution in [-0.2, 0) is 32.6 Å². The molecule has 0 aromatic heterocycles. The van der Waals surface area contributed by atoms with E-state index < -0.39 is 28.5 Å². The Balaban J connectivity index is 1.79. The zero-order chi connectivity index (χ0) is 32.4. The van der Waals surface area contributed by atoms with Gasteiger partial charge in [-0.1, -0.05) is 102 Å². The molecule has 0 bridgehead atoms. The van der Waals surface area contributed by atoms with Crippen molar-refractivity contribution in [2.24, 2.45) is 0 Å². The van der Waals surface area contributed by atoms with Crippen LogP contribution in [0.2, 0.25) is 5.02 Å². The summed E-state index contributed by atoms with van der Waals surface area (Å²) in [6, 6.07) is 29.0. The number of nitrogens with zero attached hydrogens (tertiary/aromatic N) is 2. The summed E-state index contributed by atoms with van der Waals surface area (Å²) in [7, 11) is -4.20. The van der Waals surface area contributed by atoms with Crippen LogP contribution in [0.1, 0.15) is 36.5 Å². The number of benzene rings is 4. The average molecular weight is 711 g/mol. The molecule has 2 amide bonds. The number of hydrogen-bond donors (Lipinski definition) is 1. The third-order valence-electron chi connectivity index (χ3n) is 7.43. The van der Waals surface area contributed by atoms with E-state index in [2.05, 4.69) is 21.2 Å². The molecule has 4 aromatic carbocycles. The molecule has 0 fully saturated rings. The molecule has 0 aliphatic carbocycles. The van der Waals surface area contributed by atoms with E-state index in [1.54, 1.807) is 25.1 Å². The number of aryl methyl sites for hydroxylation is 1. The van der Waals surface area contributed by atoms with Crippen LogP contribution in [0.4, 0.5) is 5.69 Å². The normalized spacial score (nSPS) is 11.9. The highest BCUT2D eigenvalue weighted by Crippen LogP contribution is 2.28. The maximum atomic E-state index is 14.5. The van der Waals surface area contributed by atoms with Gasteiger partial charge in [-0.05, 0) is 72.5 Å². The Kier molecular flexibility index (Phi) is 12.2. The lowest BCUT2D eigenvalue weighted by Gasteiger charge is -2.34. The first-order valence-electron chi connectivity index (χ1n) is 14.8. The van der Waals surface area contributed by atoms with Gasteiger partial charge in [0.1, 0.15) is 12.6 Å². The number of para-hydroxylation sites is 1. The van der Waals surface area contributed by atoms with Crippen molar-refractivity contribution in [3.63, 3.8) is 0 Å². The molecule has 45 heavy (non-hydrogen) atoms. The number of hydrogen-bond acceptors (Lipinski definition) is 4. The summed E-state index contributed by atoms with van der Waals surface area (Å²) in [5.74, 6) is -0.800. The van der Waals surface area contributed by atoms with Gasteiger partial charge in [0.05, 0.1) is 10.6 Å². The van der Waals surface area contributed by atoms with Crippen LogP contribution in [0.15, 0.2) is 112 Å². The van der Waals surface area contributed by atoms with Gasteiger partial charge in [-0.25, -0.2) is 8.42 Å². The number of carbonyl (C=O) groups excluding carboxylic acids is 2. The van der Waals surface area contributed by atoms with Gasteiger partial charge in [0, 0.05) is 29.0 Å². The number of rotatable bonds is 14.